The smallest absolute Gasteiger partial charge is 0.871 e. The van der Waals surface area contributed by atoms with E-state index in [1.165, 1.54) is 12.1 Å². The maximum atomic E-state index is 11.0. The minimum atomic E-state index is -1.37. The fourth-order valence-electron chi connectivity index (χ4n) is 0.732. The molecular formula is C7H3Cl2KNaO3+. The molecule has 0 heterocycles. The summed E-state index contributed by atoms with van der Waals surface area (Å²) in [5.74, 6) is -2.12. The third-order valence-corrected chi connectivity index (χ3v) is 1.89. The van der Waals surface area contributed by atoms with E-state index in [2.05, 4.69) is 0 Å². The average Bonchev–Trinajstić information content (AvgIpc) is 1.97. The largest absolute Gasteiger partial charge is 1.00 e. The summed E-state index contributed by atoms with van der Waals surface area (Å²) < 4.78 is 0. The molecule has 64 valence electrons. The molecule has 3 nitrogen and oxygen atoms in total. The summed E-state index contributed by atoms with van der Waals surface area (Å²) >= 11 is 10.9. The van der Waals surface area contributed by atoms with E-state index < -0.39 is 17.3 Å². The van der Waals surface area contributed by atoms with Crippen LogP contribution in [-0.4, -0.2) is 11.1 Å². The zero-order valence-electron chi connectivity index (χ0n) is 7.67. The molecule has 14 heavy (non-hydrogen) atoms. The first kappa shape index (κ1) is 18.1. The first-order chi connectivity index (χ1) is 5.54. The normalized spacial score (nSPS) is 8.43. The minimum absolute atomic E-state index is 0. The number of hydrogen-bond donors (Lipinski definition) is 1. The van der Waals surface area contributed by atoms with E-state index >= 15 is 0 Å². The quantitative estimate of drug-likeness (QED) is 0.525. The summed E-state index contributed by atoms with van der Waals surface area (Å²) in [7, 11) is 0. The van der Waals surface area contributed by atoms with Crippen LogP contribution in [0.1, 0.15) is 10.4 Å². The van der Waals surface area contributed by atoms with Gasteiger partial charge in [-0.25, -0.2) is 4.79 Å². The monoisotopic (exact) mass is 267 g/mol. The maximum absolute atomic E-state index is 11.0. The van der Waals surface area contributed by atoms with Gasteiger partial charge in [-0.3, -0.25) is 0 Å². The number of rotatable bonds is 1. The Bertz CT molecular complexity index is 346. The summed E-state index contributed by atoms with van der Waals surface area (Å²) in [5.41, 5.74) is -0.482. The van der Waals surface area contributed by atoms with Gasteiger partial charge in [0.15, 0.2) is 0 Å². The van der Waals surface area contributed by atoms with Crippen molar-refractivity contribution >= 4 is 29.2 Å². The first-order valence-electron chi connectivity index (χ1n) is 2.92. The second-order valence-electron chi connectivity index (χ2n) is 2.04. The van der Waals surface area contributed by atoms with E-state index in [0.717, 1.165) is 0 Å². The third kappa shape index (κ3) is 4.29. The average molecular weight is 268 g/mol. The molecule has 0 radical (unpaired) electrons. The van der Waals surface area contributed by atoms with Gasteiger partial charge in [0.2, 0.25) is 0 Å². The van der Waals surface area contributed by atoms with Crippen molar-refractivity contribution < 1.29 is 95.9 Å². The Morgan fingerprint density at radius 2 is 1.71 bits per heavy atom. The summed E-state index contributed by atoms with van der Waals surface area (Å²) in [5, 5.41) is 19.3. The zero-order valence-corrected chi connectivity index (χ0v) is 14.3. The Balaban J connectivity index is 0. The van der Waals surface area contributed by atoms with Gasteiger partial charge in [-0.05, 0) is 12.1 Å². The van der Waals surface area contributed by atoms with E-state index in [-0.39, 0.29) is 91.0 Å². The molecule has 0 bridgehead atoms. The van der Waals surface area contributed by atoms with Crippen LogP contribution in [0.15, 0.2) is 12.1 Å². The van der Waals surface area contributed by atoms with Gasteiger partial charge in [-0.15, -0.1) is 0 Å². The summed E-state index contributed by atoms with van der Waals surface area (Å²) in [6.07, 6.45) is 0. The summed E-state index contributed by atoms with van der Waals surface area (Å²) in [6.45, 7) is 0. The van der Waals surface area contributed by atoms with Gasteiger partial charge in [0.1, 0.15) is 0 Å². The van der Waals surface area contributed by atoms with E-state index in [0.29, 0.717) is 0 Å². The first-order valence-corrected chi connectivity index (χ1v) is 3.68. The van der Waals surface area contributed by atoms with Crippen LogP contribution in [-0.2, 0) is 0 Å². The number of carboxylic acids is 1. The van der Waals surface area contributed by atoms with E-state index in [1.807, 2.05) is 0 Å². The number of aromatic carboxylic acids is 1. The second-order valence-corrected chi connectivity index (χ2v) is 2.85. The molecule has 1 aromatic rings. The molecule has 1 N–H and O–H groups in total. The molecule has 7 heteroatoms. The van der Waals surface area contributed by atoms with E-state index in [1.54, 1.807) is 0 Å². The predicted molar refractivity (Wildman–Crippen MR) is 42.9 cm³/mol. The van der Waals surface area contributed by atoms with Gasteiger partial charge >= 0.3 is 86.9 Å². The molecule has 0 amide bonds. The van der Waals surface area contributed by atoms with Gasteiger partial charge in [0.05, 0.1) is 10.6 Å². The molecule has 0 aliphatic carbocycles. The van der Waals surface area contributed by atoms with Crippen molar-refractivity contribution in [1.29, 1.82) is 0 Å². The fraction of sp³-hybridized carbons (Fsp3) is 0. The van der Waals surface area contributed by atoms with Crippen molar-refractivity contribution in [1.82, 2.24) is 0 Å². The summed E-state index contributed by atoms with van der Waals surface area (Å²) in [6, 6.07) is 2.54. The van der Waals surface area contributed by atoms with Gasteiger partial charge in [-0.1, -0.05) is 29.0 Å². The maximum Gasteiger partial charge on any atom is 1.00 e. The molecule has 0 saturated heterocycles. The third-order valence-electron chi connectivity index (χ3n) is 1.27. The molecule has 0 spiro atoms. The molecular weight excluding hydrogens is 265 g/mol. The minimum Gasteiger partial charge on any atom is -0.871 e. The van der Waals surface area contributed by atoms with Crippen LogP contribution in [0.5, 0.6) is 5.75 Å². The molecule has 0 aliphatic rings. The Morgan fingerprint density at radius 3 is 2.07 bits per heavy atom. The van der Waals surface area contributed by atoms with Crippen LogP contribution in [0, 0.1) is 0 Å². The molecule has 0 saturated carbocycles. The molecule has 0 fully saturated rings. The van der Waals surface area contributed by atoms with Gasteiger partial charge in [0, 0.05) is 5.02 Å². The van der Waals surface area contributed by atoms with Gasteiger partial charge in [0.25, 0.3) is 0 Å². The van der Waals surface area contributed by atoms with Crippen LogP contribution >= 0.6 is 23.2 Å². The number of carbonyl (C=O) groups is 1. The summed E-state index contributed by atoms with van der Waals surface area (Å²) in [4.78, 5) is 10.5. The van der Waals surface area contributed by atoms with Gasteiger partial charge < -0.3 is 10.2 Å². The molecule has 0 unspecified atom stereocenters. The zero-order chi connectivity index (χ0) is 9.30. The van der Waals surface area contributed by atoms with Crippen molar-refractivity contribution in [3.05, 3.63) is 27.7 Å². The Hall–Kier alpha value is 1.71. The van der Waals surface area contributed by atoms with Crippen molar-refractivity contribution in [3.63, 3.8) is 0 Å². The van der Waals surface area contributed by atoms with Crippen LogP contribution in [0.25, 0.3) is 0 Å². The number of hydrogen-bond acceptors (Lipinski definition) is 2. The van der Waals surface area contributed by atoms with Crippen LogP contribution in [0.3, 0.4) is 0 Å². The van der Waals surface area contributed by atoms with Crippen molar-refractivity contribution in [2.75, 3.05) is 0 Å². The van der Waals surface area contributed by atoms with Crippen LogP contribution in [0.4, 0.5) is 0 Å². The number of carboxylic acid groups (broad SMARTS) is 1. The van der Waals surface area contributed by atoms with E-state index in [9.17, 15) is 9.90 Å². The topological polar surface area (TPSA) is 60.4 Å². The van der Waals surface area contributed by atoms with Crippen LogP contribution < -0.4 is 86.0 Å². The molecule has 0 atom stereocenters. The Morgan fingerprint density at radius 1 is 1.29 bits per heavy atom. The number of halogens is 2. The molecule has 1 rings (SSSR count). The predicted octanol–water partition coefficient (Wildman–Crippen LogP) is -4.23. The number of benzene rings is 1. The van der Waals surface area contributed by atoms with Crippen LogP contribution in [0.2, 0.25) is 10.0 Å². The fourth-order valence-corrected chi connectivity index (χ4v) is 1.12. The van der Waals surface area contributed by atoms with Crippen molar-refractivity contribution in [2.45, 2.75) is 0 Å². The Kier molecular flexibility index (Phi) is 10.2. The van der Waals surface area contributed by atoms with E-state index in [4.69, 9.17) is 28.3 Å². The molecule has 0 aliphatic heterocycles. The molecule has 0 aromatic heterocycles. The Labute approximate surface area is 155 Å². The van der Waals surface area contributed by atoms with Crippen molar-refractivity contribution in [2.24, 2.45) is 0 Å². The van der Waals surface area contributed by atoms with Gasteiger partial charge in [-0.2, -0.15) is 0 Å². The molecule has 1 aromatic carbocycles. The standard InChI is InChI=1S/C7H4Cl2O3.K.Na/c8-3-1-2-4(9)6(10)5(3)7(11)12;;/h1-2,10H,(H,11,12);;/q;2*+1/p-1. The van der Waals surface area contributed by atoms with Crippen molar-refractivity contribution in [3.8, 4) is 5.75 Å². The SMILES string of the molecule is O=C(O)c1c(Cl)ccc(Cl)c1[O-].[K+].[Na+]. The second kappa shape index (κ2) is 7.90.